The zero-order valence-electron chi connectivity index (χ0n) is 13.0. The molecule has 6 nitrogen and oxygen atoms in total. The molecule has 1 aromatic rings. The molecule has 1 aromatic carbocycles. The Kier molecular flexibility index (Phi) is 5.36. The van der Waals surface area contributed by atoms with E-state index < -0.39 is 10.0 Å². The quantitative estimate of drug-likeness (QED) is 0.787. The van der Waals surface area contributed by atoms with Crippen molar-refractivity contribution in [3.63, 3.8) is 0 Å². The maximum absolute atomic E-state index is 12.8. The van der Waals surface area contributed by atoms with Crippen LogP contribution < -0.4 is 0 Å². The Morgan fingerprint density at radius 3 is 2.50 bits per heavy atom. The SMILES string of the molecule is O=C(C1CCOC1)N1CCN(S(=O)(=O)c2cc(Cl)ccc2Cl)CC1. The summed E-state index contributed by atoms with van der Waals surface area (Å²) >= 11 is 11.9. The number of carbonyl (C=O) groups excluding carboxylic acids is 1. The molecule has 132 valence electrons. The highest BCUT2D eigenvalue weighted by Crippen LogP contribution is 2.28. The van der Waals surface area contributed by atoms with Gasteiger partial charge in [-0.3, -0.25) is 4.79 Å². The van der Waals surface area contributed by atoms with E-state index in [0.717, 1.165) is 6.42 Å². The van der Waals surface area contributed by atoms with Crippen LogP contribution in [-0.2, 0) is 19.6 Å². The van der Waals surface area contributed by atoms with E-state index in [4.69, 9.17) is 27.9 Å². The second-order valence-electron chi connectivity index (χ2n) is 5.86. The third kappa shape index (κ3) is 3.55. The van der Waals surface area contributed by atoms with Gasteiger partial charge >= 0.3 is 0 Å². The number of halogens is 2. The molecule has 24 heavy (non-hydrogen) atoms. The standard InChI is InChI=1S/C15H18Cl2N2O4S/c16-12-1-2-13(17)14(9-12)24(21,22)19-6-4-18(5-7-19)15(20)11-3-8-23-10-11/h1-2,9,11H,3-8,10H2. The highest BCUT2D eigenvalue weighted by Gasteiger charge is 2.34. The van der Waals surface area contributed by atoms with E-state index >= 15 is 0 Å². The Balaban J connectivity index is 1.69. The molecular formula is C15H18Cl2N2O4S. The molecule has 2 fully saturated rings. The molecule has 2 saturated heterocycles. The number of benzene rings is 1. The maximum atomic E-state index is 12.8. The third-order valence-electron chi connectivity index (χ3n) is 4.34. The Bertz CT molecular complexity index is 727. The van der Waals surface area contributed by atoms with Crippen LogP contribution in [0.3, 0.4) is 0 Å². The van der Waals surface area contributed by atoms with Crippen molar-refractivity contribution >= 4 is 39.1 Å². The molecule has 2 aliphatic rings. The summed E-state index contributed by atoms with van der Waals surface area (Å²) in [6, 6.07) is 4.37. The van der Waals surface area contributed by atoms with Gasteiger partial charge in [-0.2, -0.15) is 4.31 Å². The van der Waals surface area contributed by atoms with Gasteiger partial charge in [0, 0.05) is 37.8 Å². The molecule has 0 aliphatic carbocycles. The van der Waals surface area contributed by atoms with Crippen LogP contribution in [0.1, 0.15) is 6.42 Å². The summed E-state index contributed by atoms with van der Waals surface area (Å²) in [5.74, 6) is -0.0548. The molecule has 1 amide bonds. The fraction of sp³-hybridized carbons (Fsp3) is 0.533. The first-order chi connectivity index (χ1) is 11.4. The zero-order chi connectivity index (χ0) is 17.3. The highest BCUT2D eigenvalue weighted by molar-refractivity contribution is 7.89. The molecule has 0 N–H and O–H groups in total. The highest BCUT2D eigenvalue weighted by atomic mass is 35.5. The maximum Gasteiger partial charge on any atom is 0.244 e. The van der Waals surface area contributed by atoms with Crippen LogP contribution >= 0.6 is 23.2 Å². The summed E-state index contributed by atoms with van der Waals surface area (Å²) in [5.41, 5.74) is 0. The van der Waals surface area contributed by atoms with Gasteiger partial charge in [-0.15, -0.1) is 0 Å². The number of piperazine rings is 1. The van der Waals surface area contributed by atoms with Crippen LogP contribution in [-0.4, -0.2) is 62.9 Å². The minimum Gasteiger partial charge on any atom is -0.381 e. The van der Waals surface area contributed by atoms with Crippen molar-refractivity contribution in [2.45, 2.75) is 11.3 Å². The minimum atomic E-state index is -3.73. The summed E-state index contributed by atoms with van der Waals surface area (Å²) in [5, 5.41) is 0.453. The largest absolute Gasteiger partial charge is 0.381 e. The summed E-state index contributed by atoms with van der Waals surface area (Å²) in [6.45, 7) is 2.28. The first kappa shape index (κ1) is 17.9. The summed E-state index contributed by atoms with van der Waals surface area (Å²) < 4.78 is 32.1. The molecule has 0 bridgehead atoms. The van der Waals surface area contributed by atoms with Crippen molar-refractivity contribution in [3.8, 4) is 0 Å². The molecule has 0 aromatic heterocycles. The van der Waals surface area contributed by atoms with E-state index in [9.17, 15) is 13.2 Å². The Hall–Kier alpha value is -0.860. The van der Waals surface area contributed by atoms with Crippen molar-refractivity contribution < 1.29 is 17.9 Å². The van der Waals surface area contributed by atoms with Crippen molar-refractivity contribution in [2.75, 3.05) is 39.4 Å². The molecule has 2 aliphatic heterocycles. The topological polar surface area (TPSA) is 66.9 Å². The number of ether oxygens (including phenoxy) is 1. The van der Waals surface area contributed by atoms with Gasteiger partial charge in [0.2, 0.25) is 15.9 Å². The lowest BCUT2D eigenvalue weighted by molar-refractivity contribution is -0.136. The van der Waals surface area contributed by atoms with Gasteiger partial charge in [0.05, 0.1) is 17.5 Å². The van der Waals surface area contributed by atoms with E-state index in [1.807, 2.05) is 0 Å². The number of sulfonamides is 1. The number of rotatable bonds is 3. The molecule has 3 rings (SSSR count). The molecule has 1 unspecified atom stereocenters. The van der Waals surface area contributed by atoms with Gasteiger partial charge in [-0.1, -0.05) is 23.2 Å². The summed E-state index contributed by atoms with van der Waals surface area (Å²) in [7, 11) is -3.73. The van der Waals surface area contributed by atoms with E-state index in [2.05, 4.69) is 0 Å². The number of hydrogen-bond acceptors (Lipinski definition) is 4. The van der Waals surface area contributed by atoms with Crippen LogP contribution in [0.2, 0.25) is 10.0 Å². The van der Waals surface area contributed by atoms with E-state index in [0.29, 0.717) is 31.3 Å². The Morgan fingerprint density at radius 1 is 1.17 bits per heavy atom. The number of amides is 1. The molecular weight excluding hydrogens is 375 g/mol. The first-order valence-corrected chi connectivity index (χ1v) is 9.91. The number of carbonyl (C=O) groups is 1. The van der Waals surface area contributed by atoms with Crippen LogP contribution in [0.5, 0.6) is 0 Å². The first-order valence-electron chi connectivity index (χ1n) is 7.71. The molecule has 1 atom stereocenters. The second-order valence-corrected chi connectivity index (χ2v) is 8.61. The van der Waals surface area contributed by atoms with Crippen molar-refractivity contribution in [2.24, 2.45) is 5.92 Å². The van der Waals surface area contributed by atoms with Crippen LogP contribution in [0.25, 0.3) is 0 Å². The van der Waals surface area contributed by atoms with Crippen LogP contribution in [0.15, 0.2) is 23.1 Å². The minimum absolute atomic E-state index is 0.000589. The van der Waals surface area contributed by atoms with Gasteiger partial charge in [0.1, 0.15) is 4.90 Å². The summed E-state index contributed by atoms with van der Waals surface area (Å²) in [6.07, 6.45) is 0.732. The second kappa shape index (κ2) is 7.17. The third-order valence-corrected chi connectivity index (χ3v) is 6.96. The zero-order valence-corrected chi connectivity index (χ0v) is 15.3. The van der Waals surface area contributed by atoms with Gasteiger partial charge in [-0.05, 0) is 24.6 Å². The smallest absolute Gasteiger partial charge is 0.244 e. The predicted molar refractivity (Wildman–Crippen MR) is 90.7 cm³/mol. The average molecular weight is 393 g/mol. The van der Waals surface area contributed by atoms with Gasteiger partial charge < -0.3 is 9.64 Å². The fourth-order valence-electron chi connectivity index (χ4n) is 2.95. The van der Waals surface area contributed by atoms with E-state index in [-0.39, 0.29) is 34.8 Å². The lowest BCUT2D eigenvalue weighted by atomic mass is 10.1. The molecule has 0 saturated carbocycles. The average Bonchev–Trinajstić information content (AvgIpc) is 3.11. The number of hydrogen-bond donors (Lipinski definition) is 0. The molecule has 2 heterocycles. The van der Waals surface area contributed by atoms with Gasteiger partial charge in [0.25, 0.3) is 0 Å². The normalized spacial score (nSPS) is 22.8. The van der Waals surface area contributed by atoms with Crippen molar-refractivity contribution in [1.82, 2.24) is 9.21 Å². The van der Waals surface area contributed by atoms with Crippen LogP contribution in [0, 0.1) is 5.92 Å². The van der Waals surface area contributed by atoms with E-state index in [1.165, 1.54) is 16.4 Å². The van der Waals surface area contributed by atoms with Crippen LogP contribution in [0.4, 0.5) is 0 Å². The number of nitrogens with zero attached hydrogens (tertiary/aromatic N) is 2. The Labute approximate surface area is 151 Å². The van der Waals surface area contributed by atoms with Gasteiger partial charge in [-0.25, -0.2) is 8.42 Å². The lowest BCUT2D eigenvalue weighted by Gasteiger charge is -2.35. The van der Waals surface area contributed by atoms with Gasteiger partial charge in [0.15, 0.2) is 0 Å². The molecule has 0 spiro atoms. The molecule has 0 radical (unpaired) electrons. The lowest BCUT2D eigenvalue weighted by Crippen LogP contribution is -2.52. The van der Waals surface area contributed by atoms with E-state index in [1.54, 1.807) is 11.0 Å². The fourth-order valence-corrected chi connectivity index (χ4v) is 5.11. The van der Waals surface area contributed by atoms with Crippen molar-refractivity contribution in [1.29, 1.82) is 0 Å². The summed E-state index contributed by atoms with van der Waals surface area (Å²) in [4.78, 5) is 14.1. The molecule has 9 heteroatoms. The predicted octanol–water partition coefficient (Wildman–Crippen LogP) is 1.86. The Morgan fingerprint density at radius 2 is 1.88 bits per heavy atom. The monoisotopic (exact) mass is 392 g/mol. The van der Waals surface area contributed by atoms with Crippen molar-refractivity contribution in [3.05, 3.63) is 28.2 Å².